The van der Waals surface area contributed by atoms with Crippen LogP contribution in [0.4, 0.5) is 10.2 Å². The Balaban J connectivity index is 2.00. The van der Waals surface area contributed by atoms with Gasteiger partial charge in [-0.25, -0.2) is 9.37 Å². The van der Waals surface area contributed by atoms with Crippen LogP contribution in [0, 0.1) is 5.82 Å². The van der Waals surface area contributed by atoms with Gasteiger partial charge in [-0.2, -0.15) is 5.10 Å². The molecule has 2 aromatic rings. The summed E-state index contributed by atoms with van der Waals surface area (Å²) in [5.41, 5.74) is 0. The number of nitrogens with zero attached hydrogens (tertiary/aromatic N) is 3. The molecule has 4 nitrogen and oxygen atoms in total. The molecule has 0 spiro atoms. The normalized spacial score (nSPS) is 12.4. The number of hydrogen-bond donors (Lipinski definition) is 1. The Kier molecular flexibility index (Phi) is 3.58. The molecule has 0 bridgehead atoms. The second-order valence-electron chi connectivity index (χ2n) is 3.76. The zero-order chi connectivity index (χ0) is 12.3. The molecule has 1 atom stereocenters. The Hall–Kier alpha value is -1.62. The van der Waals surface area contributed by atoms with E-state index in [1.54, 1.807) is 10.9 Å². The molecule has 0 amide bonds. The quantitative estimate of drug-likeness (QED) is 0.912. The molecule has 2 rings (SSSR count). The first-order valence-electron chi connectivity index (χ1n) is 5.20. The van der Waals surface area contributed by atoms with Gasteiger partial charge < -0.3 is 5.32 Å². The van der Waals surface area contributed by atoms with Crippen LogP contribution in [0.5, 0.6) is 0 Å². The second kappa shape index (κ2) is 5.14. The molecule has 90 valence electrons. The van der Waals surface area contributed by atoms with Crippen molar-refractivity contribution in [2.24, 2.45) is 0 Å². The Morgan fingerprint density at radius 2 is 2.41 bits per heavy atom. The Labute approximate surface area is 103 Å². The molecule has 0 aromatic carbocycles. The minimum Gasteiger partial charge on any atom is -0.363 e. The predicted octanol–water partition coefficient (Wildman–Crippen LogP) is 2.57. The number of halogens is 2. The highest BCUT2D eigenvalue weighted by atomic mass is 35.5. The molecular formula is C11H12ClFN4. The van der Waals surface area contributed by atoms with Crippen LogP contribution in [0.15, 0.2) is 30.7 Å². The highest BCUT2D eigenvalue weighted by Crippen LogP contribution is 2.16. The third kappa shape index (κ3) is 3.17. The van der Waals surface area contributed by atoms with Crippen LogP contribution < -0.4 is 5.32 Å². The lowest BCUT2D eigenvalue weighted by Gasteiger charge is -2.14. The fourth-order valence-corrected chi connectivity index (χ4v) is 1.63. The molecule has 0 aliphatic rings. The van der Waals surface area contributed by atoms with Gasteiger partial charge in [0.2, 0.25) is 0 Å². The Morgan fingerprint density at radius 1 is 1.59 bits per heavy atom. The lowest BCUT2D eigenvalue weighted by Crippen LogP contribution is -2.23. The molecule has 0 saturated carbocycles. The van der Waals surface area contributed by atoms with Gasteiger partial charge in [0.05, 0.1) is 11.6 Å². The smallest absolute Gasteiger partial charge is 0.166 e. The van der Waals surface area contributed by atoms with E-state index in [-0.39, 0.29) is 16.9 Å². The average molecular weight is 255 g/mol. The maximum atomic E-state index is 13.5. The zero-order valence-electron chi connectivity index (χ0n) is 9.27. The first-order chi connectivity index (χ1) is 8.15. The van der Waals surface area contributed by atoms with E-state index in [2.05, 4.69) is 15.4 Å². The molecule has 0 fully saturated rings. The van der Waals surface area contributed by atoms with Crippen molar-refractivity contribution in [3.8, 4) is 0 Å². The maximum absolute atomic E-state index is 13.5. The van der Waals surface area contributed by atoms with Gasteiger partial charge in [-0.15, -0.1) is 0 Å². The third-order valence-corrected chi connectivity index (χ3v) is 2.42. The maximum Gasteiger partial charge on any atom is 0.166 e. The Morgan fingerprint density at radius 3 is 3.06 bits per heavy atom. The number of pyridine rings is 1. The van der Waals surface area contributed by atoms with Gasteiger partial charge in [-0.1, -0.05) is 11.6 Å². The number of nitrogens with one attached hydrogen (secondary N) is 1. The molecule has 0 radical (unpaired) electrons. The highest BCUT2D eigenvalue weighted by molar-refractivity contribution is 6.30. The van der Waals surface area contributed by atoms with Gasteiger partial charge in [0, 0.05) is 24.6 Å². The summed E-state index contributed by atoms with van der Waals surface area (Å²) in [5, 5.41) is 7.33. The number of anilines is 1. The molecule has 2 aromatic heterocycles. The number of aromatic nitrogens is 3. The molecule has 0 saturated heterocycles. The van der Waals surface area contributed by atoms with Crippen LogP contribution in [-0.2, 0) is 6.54 Å². The third-order valence-electron chi connectivity index (χ3n) is 2.21. The van der Waals surface area contributed by atoms with E-state index in [1.165, 1.54) is 12.3 Å². The lowest BCUT2D eigenvalue weighted by molar-refractivity contribution is 0.552. The SMILES string of the molecule is CC(Cn1cccn1)Nc1ncc(Cl)cc1F. The Bertz CT molecular complexity index is 486. The van der Waals surface area contributed by atoms with E-state index < -0.39 is 5.82 Å². The second-order valence-corrected chi connectivity index (χ2v) is 4.19. The summed E-state index contributed by atoms with van der Waals surface area (Å²) >= 11 is 5.62. The number of hydrogen-bond acceptors (Lipinski definition) is 3. The first kappa shape index (κ1) is 11.9. The fraction of sp³-hybridized carbons (Fsp3) is 0.273. The van der Waals surface area contributed by atoms with Crippen molar-refractivity contribution >= 4 is 17.4 Å². The van der Waals surface area contributed by atoms with Crippen molar-refractivity contribution in [3.63, 3.8) is 0 Å². The van der Waals surface area contributed by atoms with Crippen LogP contribution in [0.25, 0.3) is 0 Å². The first-order valence-corrected chi connectivity index (χ1v) is 5.58. The standard InChI is InChI=1S/C11H12ClFN4/c1-8(7-17-4-2-3-15-17)16-11-10(13)5-9(12)6-14-11/h2-6,8H,7H2,1H3,(H,14,16). The number of rotatable bonds is 4. The van der Waals surface area contributed by atoms with Gasteiger partial charge in [-0.3, -0.25) is 4.68 Å². The van der Waals surface area contributed by atoms with Gasteiger partial charge >= 0.3 is 0 Å². The molecule has 0 aliphatic carbocycles. The fourth-order valence-electron chi connectivity index (χ4n) is 1.49. The van der Waals surface area contributed by atoms with Crippen LogP contribution in [0.1, 0.15) is 6.92 Å². The summed E-state index contributed by atoms with van der Waals surface area (Å²) in [7, 11) is 0. The van der Waals surface area contributed by atoms with Crippen molar-refractivity contribution in [2.75, 3.05) is 5.32 Å². The molecule has 0 aliphatic heterocycles. The summed E-state index contributed by atoms with van der Waals surface area (Å²) in [6, 6.07) is 3.09. The summed E-state index contributed by atoms with van der Waals surface area (Å²) < 4.78 is 15.2. The summed E-state index contributed by atoms with van der Waals surface area (Å²) in [6.07, 6.45) is 4.96. The van der Waals surface area contributed by atoms with E-state index in [1.807, 2.05) is 19.2 Å². The summed E-state index contributed by atoms with van der Waals surface area (Å²) in [6.45, 7) is 2.56. The summed E-state index contributed by atoms with van der Waals surface area (Å²) in [4.78, 5) is 3.90. The zero-order valence-corrected chi connectivity index (χ0v) is 10.0. The molecule has 17 heavy (non-hydrogen) atoms. The minimum atomic E-state index is -0.454. The molecule has 1 N–H and O–H groups in total. The van der Waals surface area contributed by atoms with Crippen molar-refractivity contribution in [2.45, 2.75) is 19.5 Å². The largest absolute Gasteiger partial charge is 0.363 e. The minimum absolute atomic E-state index is 0.0121. The van der Waals surface area contributed by atoms with E-state index in [4.69, 9.17) is 11.6 Å². The van der Waals surface area contributed by atoms with Gasteiger partial charge in [-0.05, 0) is 19.1 Å². The van der Waals surface area contributed by atoms with Crippen LogP contribution in [0.3, 0.4) is 0 Å². The van der Waals surface area contributed by atoms with E-state index in [9.17, 15) is 4.39 Å². The van der Waals surface area contributed by atoms with Crippen molar-refractivity contribution in [3.05, 3.63) is 41.6 Å². The molecule has 2 heterocycles. The van der Waals surface area contributed by atoms with Gasteiger partial charge in [0.15, 0.2) is 11.6 Å². The average Bonchev–Trinajstić information content (AvgIpc) is 2.75. The van der Waals surface area contributed by atoms with Crippen molar-refractivity contribution < 1.29 is 4.39 Å². The van der Waals surface area contributed by atoms with Crippen LogP contribution >= 0.6 is 11.6 Å². The molecular weight excluding hydrogens is 243 g/mol. The lowest BCUT2D eigenvalue weighted by atomic mass is 10.3. The van der Waals surface area contributed by atoms with Gasteiger partial charge in [0.1, 0.15) is 0 Å². The van der Waals surface area contributed by atoms with Crippen LogP contribution in [-0.4, -0.2) is 20.8 Å². The molecule has 1 unspecified atom stereocenters. The molecule has 6 heteroatoms. The van der Waals surface area contributed by atoms with E-state index in [0.717, 1.165) is 0 Å². The van der Waals surface area contributed by atoms with E-state index >= 15 is 0 Å². The van der Waals surface area contributed by atoms with Gasteiger partial charge in [0.25, 0.3) is 0 Å². The van der Waals surface area contributed by atoms with E-state index in [0.29, 0.717) is 6.54 Å². The monoisotopic (exact) mass is 254 g/mol. The van der Waals surface area contributed by atoms with Crippen molar-refractivity contribution in [1.82, 2.24) is 14.8 Å². The van der Waals surface area contributed by atoms with Crippen molar-refractivity contribution in [1.29, 1.82) is 0 Å². The van der Waals surface area contributed by atoms with Crippen LogP contribution in [0.2, 0.25) is 5.02 Å². The topological polar surface area (TPSA) is 42.7 Å². The predicted molar refractivity (Wildman–Crippen MR) is 64.5 cm³/mol. The summed E-state index contributed by atoms with van der Waals surface area (Å²) in [5.74, 6) is -0.251. The highest BCUT2D eigenvalue weighted by Gasteiger charge is 2.08.